The lowest BCUT2D eigenvalue weighted by Crippen LogP contribution is -2.40. The van der Waals surface area contributed by atoms with E-state index in [0.717, 1.165) is 17.0 Å². The molecule has 0 spiro atoms. The highest BCUT2D eigenvalue weighted by atomic mass is 35.5. The highest BCUT2D eigenvalue weighted by Crippen LogP contribution is 2.65. The zero-order valence-corrected chi connectivity index (χ0v) is 20.6. The molecule has 6 atom stereocenters. The minimum absolute atomic E-state index is 0.169. The van der Waals surface area contributed by atoms with Crippen LogP contribution in [0.4, 0.5) is 0 Å². The van der Waals surface area contributed by atoms with Crippen LogP contribution in [0.3, 0.4) is 0 Å². The zero-order valence-electron chi connectivity index (χ0n) is 19.1. The predicted octanol–water partition coefficient (Wildman–Crippen LogP) is 5.36. The van der Waals surface area contributed by atoms with E-state index in [2.05, 4.69) is 17.3 Å². The number of hydrazone groups is 1. The van der Waals surface area contributed by atoms with Crippen molar-refractivity contribution in [3.63, 3.8) is 0 Å². The highest BCUT2D eigenvalue weighted by molar-refractivity contribution is 6.32. The molecule has 2 aromatic rings. The molecule has 6 nitrogen and oxygen atoms in total. The fraction of sp³-hybridized carbons (Fsp3) is 0.370. The molecule has 0 aromatic heterocycles. The molecule has 3 fully saturated rings. The third-order valence-corrected chi connectivity index (χ3v) is 8.12. The van der Waals surface area contributed by atoms with Gasteiger partial charge in [0, 0.05) is 5.02 Å². The van der Waals surface area contributed by atoms with Crippen LogP contribution in [0.25, 0.3) is 0 Å². The SMILES string of the molecule is CCOc1cc(/C=N\N2C(=O)[C@@H]3[C@H]4C=C[C@@H]([C@@H]5C[C@@H]45)[C@@H]3C2=O)cc(Cl)c1OCc1ccc(Cl)cc1. The molecule has 0 radical (unpaired) electrons. The summed E-state index contributed by atoms with van der Waals surface area (Å²) in [4.78, 5) is 26.3. The van der Waals surface area contributed by atoms with E-state index in [1.807, 2.05) is 19.1 Å². The van der Waals surface area contributed by atoms with Crippen molar-refractivity contribution >= 4 is 41.2 Å². The summed E-state index contributed by atoms with van der Waals surface area (Å²) in [6.45, 7) is 2.58. The molecule has 2 saturated carbocycles. The molecular formula is C27H24Cl2N2O4. The van der Waals surface area contributed by atoms with Gasteiger partial charge in [0.2, 0.25) is 0 Å². The van der Waals surface area contributed by atoms with Crippen LogP contribution < -0.4 is 9.47 Å². The fourth-order valence-corrected chi connectivity index (χ4v) is 6.38. The Balaban J connectivity index is 1.21. The van der Waals surface area contributed by atoms with E-state index in [1.54, 1.807) is 24.3 Å². The maximum absolute atomic E-state index is 13.1. The van der Waals surface area contributed by atoms with Gasteiger partial charge >= 0.3 is 0 Å². The van der Waals surface area contributed by atoms with Crippen molar-refractivity contribution in [3.05, 3.63) is 69.7 Å². The first-order valence-corrected chi connectivity index (χ1v) is 12.7. The van der Waals surface area contributed by atoms with E-state index in [9.17, 15) is 9.59 Å². The highest BCUT2D eigenvalue weighted by Gasteiger charge is 2.67. The van der Waals surface area contributed by atoms with Gasteiger partial charge in [-0.05, 0) is 72.4 Å². The summed E-state index contributed by atoms with van der Waals surface area (Å²) in [5.74, 6) is 1.40. The van der Waals surface area contributed by atoms with Gasteiger partial charge in [-0.15, -0.1) is 0 Å². The number of rotatable bonds is 7. The summed E-state index contributed by atoms with van der Waals surface area (Å²) >= 11 is 12.5. The van der Waals surface area contributed by atoms with Crippen molar-refractivity contribution in [1.29, 1.82) is 0 Å². The summed E-state index contributed by atoms with van der Waals surface area (Å²) in [5.41, 5.74) is 1.55. The van der Waals surface area contributed by atoms with E-state index < -0.39 is 0 Å². The van der Waals surface area contributed by atoms with Crippen LogP contribution in [0.15, 0.2) is 53.7 Å². The van der Waals surface area contributed by atoms with Crippen LogP contribution in [-0.2, 0) is 16.2 Å². The number of hydrogen-bond donors (Lipinski definition) is 0. The topological polar surface area (TPSA) is 68.2 Å². The first-order chi connectivity index (χ1) is 17.0. The quantitative estimate of drug-likeness (QED) is 0.285. The maximum atomic E-state index is 13.1. The first-order valence-electron chi connectivity index (χ1n) is 11.9. The van der Waals surface area contributed by atoms with Crippen molar-refractivity contribution < 1.29 is 19.1 Å². The second kappa shape index (κ2) is 8.68. The van der Waals surface area contributed by atoms with Gasteiger partial charge in [0.1, 0.15) is 6.61 Å². The summed E-state index contributed by atoms with van der Waals surface area (Å²) in [6.07, 6.45) is 6.91. The number of hydrogen-bond acceptors (Lipinski definition) is 5. The van der Waals surface area contributed by atoms with Crippen molar-refractivity contribution in [1.82, 2.24) is 5.01 Å². The van der Waals surface area contributed by atoms with Crippen LogP contribution in [0.5, 0.6) is 11.5 Å². The van der Waals surface area contributed by atoms with Gasteiger partial charge in [0.05, 0.1) is 29.7 Å². The standard InChI is InChI=1S/C27H24Cl2N2O4/c1-2-34-22-10-15(9-21(29)25(22)35-13-14-3-5-16(28)6-4-14)12-30-31-26(32)23-17-7-8-18(20-11-19(17)20)24(23)27(31)33/h3-10,12,17-20,23-24H,2,11,13H2,1H3/b30-12-/t17-,18-,19-,20-,23-,24+/m0/s1. The number of carbonyl (C=O) groups excluding carboxylic acids is 2. The Morgan fingerprint density at radius 2 is 1.66 bits per heavy atom. The lowest BCUT2D eigenvalue weighted by Gasteiger charge is -2.37. The van der Waals surface area contributed by atoms with Gasteiger partial charge in [-0.3, -0.25) is 9.59 Å². The number of amides is 2. The third-order valence-electron chi connectivity index (χ3n) is 7.59. The van der Waals surface area contributed by atoms with Crippen LogP contribution in [-0.4, -0.2) is 29.6 Å². The van der Waals surface area contributed by atoms with Gasteiger partial charge in [-0.2, -0.15) is 10.1 Å². The van der Waals surface area contributed by atoms with Crippen molar-refractivity contribution in [2.45, 2.75) is 20.0 Å². The molecule has 5 aliphatic rings. The van der Waals surface area contributed by atoms with Gasteiger partial charge in [-0.25, -0.2) is 0 Å². The van der Waals surface area contributed by atoms with E-state index in [1.165, 1.54) is 6.21 Å². The number of allylic oxidation sites excluding steroid dienone is 2. The number of imide groups is 1. The largest absolute Gasteiger partial charge is 0.490 e. The van der Waals surface area contributed by atoms with Gasteiger partial charge < -0.3 is 9.47 Å². The zero-order chi connectivity index (χ0) is 24.3. The summed E-state index contributed by atoms with van der Waals surface area (Å²) in [7, 11) is 0. The predicted molar refractivity (Wildman–Crippen MR) is 133 cm³/mol. The number of halogens is 2. The van der Waals surface area contributed by atoms with Gasteiger partial charge in [0.15, 0.2) is 11.5 Å². The van der Waals surface area contributed by atoms with Crippen molar-refractivity contribution in [2.24, 2.45) is 40.6 Å². The molecule has 7 rings (SSSR count). The average Bonchev–Trinajstić information content (AvgIpc) is 3.63. The summed E-state index contributed by atoms with van der Waals surface area (Å²) < 4.78 is 11.7. The van der Waals surface area contributed by atoms with E-state index in [-0.39, 0.29) is 35.5 Å². The second-order valence-corrected chi connectivity index (χ2v) is 10.4. The average molecular weight is 511 g/mol. The Morgan fingerprint density at radius 1 is 1.00 bits per heavy atom. The molecule has 8 heteroatoms. The van der Waals surface area contributed by atoms with Crippen LogP contribution in [0.2, 0.25) is 10.0 Å². The van der Waals surface area contributed by atoms with Crippen LogP contribution >= 0.6 is 23.2 Å². The Kier molecular flexibility index (Phi) is 5.61. The minimum atomic E-state index is -0.274. The molecule has 0 N–H and O–H groups in total. The van der Waals surface area contributed by atoms with E-state index in [4.69, 9.17) is 32.7 Å². The van der Waals surface area contributed by atoms with Crippen LogP contribution in [0, 0.1) is 35.5 Å². The monoisotopic (exact) mass is 510 g/mol. The molecule has 1 aliphatic heterocycles. The lowest BCUT2D eigenvalue weighted by atomic mass is 9.63. The molecule has 2 amide bonds. The number of nitrogens with zero attached hydrogens (tertiary/aromatic N) is 2. The third kappa shape index (κ3) is 3.83. The Hall–Kier alpha value is -2.83. The maximum Gasteiger partial charge on any atom is 0.254 e. The fourth-order valence-electron chi connectivity index (χ4n) is 5.98. The van der Waals surface area contributed by atoms with Gasteiger partial charge in [-0.1, -0.05) is 47.5 Å². The summed E-state index contributed by atoms with van der Waals surface area (Å²) in [6, 6.07) is 10.8. The second-order valence-electron chi connectivity index (χ2n) is 9.57. The molecule has 0 unspecified atom stereocenters. The number of carbonyl (C=O) groups is 2. The summed E-state index contributed by atoms with van der Waals surface area (Å²) in [5, 5.41) is 6.37. The Morgan fingerprint density at radius 3 is 2.29 bits per heavy atom. The molecule has 35 heavy (non-hydrogen) atoms. The molecule has 1 heterocycles. The molecule has 2 aromatic carbocycles. The van der Waals surface area contributed by atoms with Gasteiger partial charge in [0.25, 0.3) is 11.8 Å². The molecule has 4 aliphatic carbocycles. The number of benzene rings is 2. The Labute approximate surface area is 213 Å². The first kappa shape index (κ1) is 22.6. The van der Waals surface area contributed by atoms with Crippen LogP contribution in [0.1, 0.15) is 24.5 Å². The van der Waals surface area contributed by atoms with E-state index >= 15 is 0 Å². The van der Waals surface area contributed by atoms with Crippen molar-refractivity contribution in [2.75, 3.05) is 6.61 Å². The molecular weight excluding hydrogens is 487 g/mol. The smallest absolute Gasteiger partial charge is 0.254 e. The molecule has 1 saturated heterocycles. The number of ether oxygens (including phenoxy) is 2. The van der Waals surface area contributed by atoms with E-state index in [0.29, 0.717) is 52.2 Å². The molecule has 180 valence electrons. The normalized spacial score (nSPS) is 30.1. The molecule has 2 bridgehead atoms. The minimum Gasteiger partial charge on any atom is -0.490 e. The lowest BCUT2D eigenvalue weighted by molar-refractivity contribution is -0.140. The van der Waals surface area contributed by atoms with Crippen molar-refractivity contribution in [3.8, 4) is 11.5 Å². The Bertz CT molecular complexity index is 1220.